The number of rotatable bonds is 5. The highest BCUT2D eigenvalue weighted by Gasteiger charge is 2.22. The predicted molar refractivity (Wildman–Crippen MR) is 97.7 cm³/mol. The number of anilines is 1. The second-order valence-electron chi connectivity index (χ2n) is 5.35. The van der Waals surface area contributed by atoms with Gasteiger partial charge in [-0.05, 0) is 43.3 Å². The number of esters is 1. The Morgan fingerprint density at radius 2 is 1.81 bits per heavy atom. The van der Waals surface area contributed by atoms with Gasteiger partial charge < -0.3 is 10.1 Å². The molecule has 0 saturated carbocycles. The molecule has 2 aromatic rings. The summed E-state index contributed by atoms with van der Waals surface area (Å²) in [5.74, 6) is -2.27. The maximum atomic E-state index is 13.0. The minimum Gasteiger partial charge on any atom is -0.449 e. The molecule has 2 rings (SSSR count). The fraction of sp³-hybridized carbons (Fsp3) is 0.125. The average molecular weight is 435 g/mol. The zero-order valence-electron chi connectivity index (χ0n) is 13.7. The monoisotopic (exact) mass is 434 g/mol. The van der Waals surface area contributed by atoms with Gasteiger partial charge in [0.15, 0.2) is 6.10 Å². The van der Waals surface area contributed by atoms with Gasteiger partial charge in [0, 0.05) is 0 Å². The number of amides is 1. The topological polar surface area (TPSA) is 116 Å². The first-order chi connectivity index (χ1) is 12.5. The number of benzene rings is 2. The van der Waals surface area contributed by atoms with Gasteiger partial charge in [-0.3, -0.25) is 4.79 Å². The first kappa shape index (κ1) is 21.1. The van der Waals surface area contributed by atoms with Crippen LogP contribution in [0, 0.1) is 5.82 Å². The van der Waals surface area contributed by atoms with Crippen LogP contribution < -0.4 is 10.5 Å². The number of sulfonamides is 1. The summed E-state index contributed by atoms with van der Waals surface area (Å²) in [6, 6.07) is 6.70. The molecule has 0 aliphatic carbocycles. The second kappa shape index (κ2) is 8.22. The molecule has 1 amide bonds. The van der Waals surface area contributed by atoms with Gasteiger partial charge in [0.1, 0.15) is 10.7 Å². The molecule has 0 aliphatic heterocycles. The van der Waals surface area contributed by atoms with Crippen LogP contribution in [0.2, 0.25) is 10.0 Å². The molecule has 0 saturated heterocycles. The van der Waals surface area contributed by atoms with E-state index in [1.165, 1.54) is 25.1 Å². The fourth-order valence-electron chi connectivity index (χ4n) is 1.96. The highest BCUT2D eigenvalue weighted by molar-refractivity contribution is 7.89. The number of halogens is 3. The number of carbonyl (C=O) groups excluding carboxylic acids is 2. The van der Waals surface area contributed by atoms with Crippen molar-refractivity contribution in [1.82, 2.24) is 0 Å². The van der Waals surface area contributed by atoms with Crippen LogP contribution in [0.25, 0.3) is 0 Å². The molecule has 0 bridgehead atoms. The molecule has 0 aliphatic rings. The minimum atomic E-state index is -4.15. The second-order valence-corrected chi connectivity index (χ2v) is 7.70. The van der Waals surface area contributed by atoms with Crippen LogP contribution in [-0.4, -0.2) is 26.4 Å². The molecule has 2 aromatic carbocycles. The summed E-state index contributed by atoms with van der Waals surface area (Å²) < 4.78 is 40.9. The van der Waals surface area contributed by atoms with Crippen LogP contribution in [0.15, 0.2) is 41.3 Å². The quantitative estimate of drug-likeness (QED) is 0.701. The number of hydrogen-bond donors (Lipinski definition) is 2. The zero-order valence-corrected chi connectivity index (χ0v) is 16.0. The molecule has 0 heterocycles. The van der Waals surface area contributed by atoms with Crippen molar-refractivity contribution in [2.75, 3.05) is 5.32 Å². The normalized spacial score (nSPS) is 12.3. The number of hydrogen-bond acceptors (Lipinski definition) is 5. The van der Waals surface area contributed by atoms with Gasteiger partial charge in [-0.15, -0.1) is 0 Å². The zero-order chi connectivity index (χ0) is 20.4. The lowest BCUT2D eigenvalue weighted by Gasteiger charge is -2.14. The van der Waals surface area contributed by atoms with E-state index in [4.69, 9.17) is 33.1 Å². The van der Waals surface area contributed by atoms with Gasteiger partial charge in [0.05, 0.1) is 21.3 Å². The van der Waals surface area contributed by atoms with Gasteiger partial charge in [-0.1, -0.05) is 23.2 Å². The molecule has 0 spiro atoms. The average Bonchev–Trinajstić information content (AvgIpc) is 2.56. The number of nitrogens with one attached hydrogen (secondary N) is 1. The Kier molecular flexibility index (Phi) is 6.42. The van der Waals surface area contributed by atoms with Crippen molar-refractivity contribution in [2.45, 2.75) is 17.9 Å². The Labute approximate surface area is 164 Å². The highest BCUT2D eigenvalue weighted by atomic mass is 35.5. The lowest BCUT2D eigenvalue weighted by molar-refractivity contribution is -0.123. The van der Waals surface area contributed by atoms with Crippen LogP contribution >= 0.6 is 23.2 Å². The third-order valence-electron chi connectivity index (χ3n) is 3.32. The Hall–Kier alpha value is -2.20. The van der Waals surface area contributed by atoms with E-state index in [1.54, 1.807) is 0 Å². The predicted octanol–water partition coefficient (Wildman–Crippen LogP) is 2.96. The van der Waals surface area contributed by atoms with Gasteiger partial charge >= 0.3 is 5.97 Å². The molecule has 1 atom stereocenters. The first-order valence-electron chi connectivity index (χ1n) is 7.28. The molecule has 27 heavy (non-hydrogen) atoms. The van der Waals surface area contributed by atoms with E-state index in [1.807, 2.05) is 0 Å². The van der Waals surface area contributed by atoms with Gasteiger partial charge in [-0.2, -0.15) is 0 Å². The third-order valence-corrected chi connectivity index (χ3v) is 5.02. The molecule has 3 N–H and O–H groups in total. The molecule has 7 nitrogen and oxygen atoms in total. The van der Waals surface area contributed by atoms with E-state index in [9.17, 15) is 22.4 Å². The van der Waals surface area contributed by atoms with Crippen molar-refractivity contribution in [3.05, 3.63) is 57.8 Å². The van der Waals surface area contributed by atoms with E-state index in [2.05, 4.69) is 5.32 Å². The Morgan fingerprint density at radius 3 is 2.41 bits per heavy atom. The summed E-state index contributed by atoms with van der Waals surface area (Å²) in [5, 5.41) is 7.21. The third kappa shape index (κ3) is 5.39. The van der Waals surface area contributed by atoms with Crippen LogP contribution in [-0.2, 0) is 19.6 Å². The highest BCUT2D eigenvalue weighted by Crippen LogP contribution is 2.24. The Balaban J connectivity index is 2.12. The van der Waals surface area contributed by atoms with Crippen molar-refractivity contribution in [3.63, 3.8) is 0 Å². The SMILES string of the molecule is CC(OC(=O)c1ccc(Cl)c(S(N)(=O)=O)c1)C(=O)Nc1ccc(F)cc1Cl. The van der Waals surface area contributed by atoms with Gasteiger partial charge in [0.2, 0.25) is 10.0 Å². The summed E-state index contributed by atoms with van der Waals surface area (Å²) in [5.41, 5.74) is -0.0307. The van der Waals surface area contributed by atoms with Crippen molar-refractivity contribution in [3.8, 4) is 0 Å². The molecule has 0 aromatic heterocycles. The first-order valence-corrected chi connectivity index (χ1v) is 9.58. The molecular weight excluding hydrogens is 422 g/mol. The van der Waals surface area contributed by atoms with Crippen LogP contribution in [0.4, 0.5) is 10.1 Å². The van der Waals surface area contributed by atoms with E-state index in [-0.39, 0.29) is 21.3 Å². The van der Waals surface area contributed by atoms with E-state index in [0.717, 1.165) is 18.2 Å². The number of nitrogens with two attached hydrogens (primary N) is 1. The molecule has 1 unspecified atom stereocenters. The fourth-order valence-corrected chi connectivity index (χ4v) is 3.24. The van der Waals surface area contributed by atoms with Gasteiger partial charge in [0.25, 0.3) is 5.91 Å². The summed E-state index contributed by atoms with van der Waals surface area (Å²) in [7, 11) is -4.15. The van der Waals surface area contributed by atoms with Crippen molar-refractivity contribution in [2.24, 2.45) is 5.14 Å². The molecule has 11 heteroatoms. The smallest absolute Gasteiger partial charge is 0.338 e. The molecule has 144 valence electrons. The van der Waals surface area contributed by atoms with Crippen molar-refractivity contribution < 1.29 is 27.1 Å². The van der Waals surface area contributed by atoms with Crippen LogP contribution in [0.1, 0.15) is 17.3 Å². The van der Waals surface area contributed by atoms with Crippen molar-refractivity contribution in [1.29, 1.82) is 0 Å². The minimum absolute atomic E-state index is 0.0302. The van der Waals surface area contributed by atoms with Gasteiger partial charge in [-0.25, -0.2) is 22.7 Å². The number of ether oxygens (including phenoxy) is 1. The number of primary sulfonamides is 1. The number of carbonyl (C=O) groups is 2. The van der Waals surface area contributed by atoms with Crippen molar-refractivity contribution >= 4 is 50.8 Å². The Morgan fingerprint density at radius 1 is 1.15 bits per heavy atom. The molecule has 0 radical (unpaired) electrons. The summed E-state index contributed by atoms with van der Waals surface area (Å²) >= 11 is 11.6. The van der Waals surface area contributed by atoms with Crippen LogP contribution in [0.5, 0.6) is 0 Å². The summed E-state index contributed by atoms with van der Waals surface area (Å²) in [4.78, 5) is 23.8. The molecular formula is C16H13Cl2FN2O5S. The van der Waals surface area contributed by atoms with E-state index >= 15 is 0 Å². The largest absolute Gasteiger partial charge is 0.449 e. The van der Waals surface area contributed by atoms with E-state index in [0.29, 0.717) is 0 Å². The van der Waals surface area contributed by atoms with Crippen LogP contribution in [0.3, 0.4) is 0 Å². The molecule has 0 fully saturated rings. The Bertz CT molecular complexity index is 1010. The standard InChI is InChI=1S/C16H13Cl2FN2O5S/c1-8(15(22)21-13-5-3-10(19)7-12(13)18)26-16(23)9-2-4-11(17)14(6-9)27(20,24)25/h2-8H,1H3,(H,21,22)(H2,20,24,25). The summed E-state index contributed by atoms with van der Waals surface area (Å²) in [6.07, 6.45) is -1.26. The lowest BCUT2D eigenvalue weighted by atomic mass is 10.2. The van der Waals surface area contributed by atoms with E-state index < -0.39 is 38.7 Å². The maximum Gasteiger partial charge on any atom is 0.338 e. The lowest BCUT2D eigenvalue weighted by Crippen LogP contribution is -2.30. The summed E-state index contributed by atoms with van der Waals surface area (Å²) in [6.45, 7) is 1.29. The maximum absolute atomic E-state index is 13.0.